The summed E-state index contributed by atoms with van der Waals surface area (Å²) in [4.78, 5) is 46.6. The first kappa shape index (κ1) is 30.2. The molecule has 6 aromatic rings. The van der Waals surface area contributed by atoms with Gasteiger partial charge in [0.15, 0.2) is 45.7 Å². The van der Waals surface area contributed by atoms with Crippen LogP contribution in [0.3, 0.4) is 0 Å². The maximum Gasteiger partial charge on any atom is 0.344 e. The summed E-state index contributed by atoms with van der Waals surface area (Å²) < 4.78 is 9.87. The van der Waals surface area contributed by atoms with E-state index in [4.69, 9.17) is 19.0 Å². The molecule has 0 amide bonds. The van der Waals surface area contributed by atoms with Crippen molar-refractivity contribution in [1.29, 1.82) is 0 Å². The second-order valence-electron chi connectivity index (χ2n) is 9.41. The molecule has 2 aromatic heterocycles. The maximum absolute atomic E-state index is 12.0. The zero-order chi connectivity index (χ0) is 34.1. The quantitative estimate of drug-likeness (QED) is 0.0749. The van der Waals surface area contributed by atoms with Crippen molar-refractivity contribution in [3.05, 3.63) is 56.2 Å². The number of carbonyl (C=O) groups is 2. The van der Waals surface area contributed by atoms with Crippen molar-refractivity contribution in [2.75, 3.05) is 0 Å². The highest BCUT2D eigenvalue weighted by Gasteiger charge is 2.31. The summed E-state index contributed by atoms with van der Waals surface area (Å²) in [7, 11) is 0. The topological polar surface area (TPSA) is 337 Å². The summed E-state index contributed by atoms with van der Waals surface area (Å²) in [6.45, 7) is 0. The molecule has 18 heteroatoms. The third kappa shape index (κ3) is 4.28. The Morgan fingerprint density at radius 2 is 0.761 bits per heavy atom. The molecule has 6 rings (SSSR count). The first-order chi connectivity index (χ1) is 21.5. The SMILES string of the molecule is O=C(O)c1cc(O)c(O)c(O)c1-c1c(C(=O)O)cc(O)c(O)c1O.O=c1oc2c(O)c(O)cc3c(=O)oc4c(O)c(O)cc1c4c23. The van der Waals surface area contributed by atoms with Crippen molar-refractivity contribution >= 4 is 44.6 Å². The number of carboxylic acids is 2. The number of aromatic carboxylic acids is 2. The molecule has 0 spiro atoms. The third-order valence-corrected chi connectivity index (χ3v) is 6.77. The zero-order valence-corrected chi connectivity index (χ0v) is 22.1. The van der Waals surface area contributed by atoms with Gasteiger partial charge in [0.05, 0.1) is 21.9 Å². The molecule has 4 aromatic carbocycles. The van der Waals surface area contributed by atoms with Crippen molar-refractivity contribution in [2.45, 2.75) is 0 Å². The molecule has 0 fully saturated rings. The van der Waals surface area contributed by atoms with Crippen molar-refractivity contribution in [1.82, 2.24) is 0 Å². The fourth-order valence-electron chi connectivity index (χ4n) is 4.71. The lowest BCUT2D eigenvalue weighted by molar-refractivity contribution is 0.0683. The van der Waals surface area contributed by atoms with Gasteiger partial charge in [0, 0.05) is 21.9 Å². The highest BCUT2D eigenvalue weighted by Crippen LogP contribution is 2.52. The Morgan fingerprint density at radius 3 is 1.07 bits per heavy atom. The van der Waals surface area contributed by atoms with Crippen molar-refractivity contribution in [3.8, 4) is 68.6 Å². The number of phenolic OH excluding ortho intramolecular Hbond substituents is 10. The van der Waals surface area contributed by atoms with Crippen LogP contribution in [0, 0.1) is 0 Å². The fraction of sp³-hybridized carbons (Fsp3) is 0. The van der Waals surface area contributed by atoms with Crippen LogP contribution in [0.25, 0.3) is 43.8 Å². The summed E-state index contributed by atoms with van der Waals surface area (Å²) >= 11 is 0. The molecule has 0 atom stereocenters. The van der Waals surface area contributed by atoms with E-state index in [9.17, 15) is 70.2 Å². The van der Waals surface area contributed by atoms with Crippen LogP contribution >= 0.6 is 0 Å². The minimum atomic E-state index is -1.74. The van der Waals surface area contributed by atoms with Gasteiger partial charge >= 0.3 is 23.2 Å². The Morgan fingerprint density at radius 1 is 0.457 bits per heavy atom. The summed E-state index contributed by atoms with van der Waals surface area (Å²) in [5.74, 6) is -13.1. The number of hydrogen-bond donors (Lipinski definition) is 12. The summed E-state index contributed by atoms with van der Waals surface area (Å²) in [5.41, 5.74) is -6.18. The van der Waals surface area contributed by atoms with Gasteiger partial charge in [-0.25, -0.2) is 19.2 Å². The summed E-state index contributed by atoms with van der Waals surface area (Å²) in [5, 5.41) is 115. The standard InChI is InChI=1S/C14H10O10.C14H6O8/c15-5-1-3(13(21)22)7(11(19)9(5)17)8-4(14(23)24)2-6(16)10(18)12(8)20;15-5-1-3-7-8-4(14(20)22-11(7)9(5)17)2-6(16)10(18)12(8)21-13(3)19/h1-2,15-20H,(H,21,22)(H,23,24);1-2,15-18H. The largest absolute Gasteiger partial charge is 0.504 e. The smallest absolute Gasteiger partial charge is 0.344 e. The Hall–Kier alpha value is -7.24. The van der Waals surface area contributed by atoms with E-state index in [0.29, 0.717) is 12.1 Å². The molecular formula is C28H16O18. The van der Waals surface area contributed by atoms with Crippen LogP contribution in [-0.4, -0.2) is 73.2 Å². The molecule has 46 heavy (non-hydrogen) atoms. The molecule has 0 radical (unpaired) electrons. The van der Waals surface area contributed by atoms with Crippen LogP contribution in [0.2, 0.25) is 0 Å². The molecular weight excluding hydrogens is 624 g/mol. The molecule has 0 bridgehead atoms. The highest BCUT2D eigenvalue weighted by molar-refractivity contribution is 6.22. The third-order valence-electron chi connectivity index (χ3n) is 6.77. The average Bonchev–Trinajstić information content (AvgIpc) is 2.99. The van der Waals surface area contributed by atoms with E-state index in [1.807, 2.05) is 0 Å². The number of carboxylic acid groups (broad SMARTS) is 2. The van der Waals surface area contributed by atoms with Crippen LogP contribution < -0.4 is 11.3 Å². The first-order valence-corrected chi connectivity index (χ1v) is 12.1. The predicted molar refractivity (Wildman–Crippen MR) is 150 cm³/mol. The molecule has 18 nitrogen and oxygen atoms in total. The fourth-order valence-corrected chi connectivity index (χ4v) is 4.71. The van der Waals surface area contributed by atoms with E-state index in [1.165, 1.54) is 0 Å². The van der Waals surface area contributed by atoms with Crippen LogP contribution in [0.5, 0.6) is 57.5 Å². The molecule has 236 valence electrons. The average molecular weight is 640 g/mol. The number of rotatable bonds is 3. The van der Waals surface area contributed by atoms with Crippen LogP contribution in [0.4, 0.5) is 0 Å². The van der Waals surface area contributed by atoms with E-state index in [-0.39, 0.29) is 21.5 Å². The monoisotopic (exact) mass is 640 g/mol. The van der Waals surface area contributed by atoms with Gasteiger partial charge < -0.3 is 70.1 Å². The summed E-state index contributed by atoms with van der Waals surface area (Å²) in [6.07, 6.45) is 0. The number of phenols is 10. The molecule has 12 N–H and O–H groups in total. The second kappa shape index (κ2) is 10.2. The van der Waals surface area contributed by atoms with Gasteiger partial charge in [-0.3, -0.25) is 0 Å². The van der Waals surface area contributed by atoms with E-state index in [0.717, 1.165) is 12.1 Å². The first-order valence-electron chi connectivity index (χ1n) is 12.1. The van der Waals surface area contributed by atoms with Gasteiger partial charge in [0.2, 0.25) is 23.0 Å². The minimum Gasteiger partial charge on any atom is -0.504 e. The minimum absolute atomic E-state index is 0.00597. The van der Waals surface area contributed by atoms with Gasteiger partial charge in [-0.05, 0) is 24.3 Å². The molecule has 2 heterocycles. The van der Waals surface area contributed by atoms with Crippen molar-refractivity contribution in [3.63, 3.8) is 0 Å². The lowest BCUT2D eigenvalue weighted by Gasteiger charge is -2.16. The molecule has 0 aliphatic carbocycles. The molecule has 0 saturated heterocycles. The maximum atomic E-state index is 12.0. The Labute approximate surface area is 249 Å². The number of aromatic hydroxyl groups is 10. The Bertz CT molecular complexity index is 2250. The van der Waals surface area contributed by atoms with Gasteiger partial charge in [-0.1, -0.05) is 0 Å². The highest BCUT2D eigenvalue weighted by atomic mass is 16.4. The summed E-state index contributed by atoms with van der Waals surface area (Å²) in [6, 6.07) is 2.96. The predicted octanol–water partition coefficient (Wildman–Crippen LogP) is 2.30. The molecule has 0 saturated carbocycles. The Kier molecular flexibility index (Phi) is 6.70. The zero-order valence-electron chi connectivity index (χ0n) is 22.1. The molecule has 0 unspecified atom stereocenters. The number of hydrogen-bond acceptors (Lipinski definition) is 16. The van der Waals surface area contributed by atoms with Gasteiger partial charge in [0.1, 0.15) is 0 Å². The van der Waals surface area contributed by atoms with Crippen LogP contribution in [-0.2, 0) is 0 Å². The normalized spacial score (nSPS) is 11.1. The van der Waals surface area contributed by atoms with E-state index in [1.54, 1.807) is 0 Å². The van der Waals surface area contributed by atoms with Gasteiger partial charge in [0.25, 0.3) is 0 Å². The number of benzene rings is 4. The lowest BCUT2D eigenvalue weighted by Crippen LogP contribution is -2.06. The lowest BCUT2D eigenvalue weighted by atomic mass is 9.92. The van der Waals surface area contributed by atoms with Crippen molar-refractivity contribution < 1.29 is 79.7 Å². The molecule has 0 aliphatic rings. The van der Waals surface area contributed by atoms with Gasteiger partial charge in [-0.15, -0.1) is 0 Å². The van der Waals surface area contributed by atoms with E-state index >= 15 is 0 Å². The van der Waals surface area contributed by atoms with E-state index < -0.39 is 114 Å². The van der Waals surface area contributed by atoms with Crippen LogP contribution in [0.1, 0.15) is 20.7 Å². The van der Waals surface area contributed by atoms with E-state index in [2.05, 4.69) is 0 Å². The van der Waals surface area contributed by atoms with Crippen molar-refractivity contribution in [2.24, 2.45) is 0 Å². The second-order valence-corrected chi connectivity index (χ2v) is 9.41. The van der Waals surface area contributed by atoms with Crippen LogP contribution in [0.15, 0.2) is 42.7 Å². The van der Waals surface area contributed by atoms with Gasteiger partial charge in [-0.2, -0.15) is 0 Å². The molecule has 0 aliphatic heterocycles. The Balaban J connectivity index is 0.000000182.